The van der Waals surface area contributed by atoms with Gasteiger partial charge in [-0.15, -0.1) is 11.6 Å². The number of likely N-dealkylation sites (tertiary alicyclic amines) is 1. The van der Waals surface area contributed by atoms with Crippen LogP contribution in [0.5, 0.6) is 0 Å². The van der Waals surface area contributed by atoms with E-state index >= 15 is 0 Å². The van der Waals surface area contributed by atoms with Gasteiger partial charge in [0.2, 0.25) is 0 Å². The number of fused-ring (bicyclic) bond motifs is 1. The molecule has 4 nitrogen and oxygen atoms in total. The summed E-state index contributed by atoms with van der Waals surface area (Å²) >= 11 is 12.2. The van der Waals surface area contributed by atoms with Crippen LogP contribution in [0.1, 0.15) is 19.3 Å². The quantitative estimate of drug-likeness (QED) is 0.650. The summed E-state index contributed by atoms with van der Waals surface area (Å²) in [5, 5.41) is 12.9. The molecule has 1 saturated heterocycles. The summed E-state index contributed by atoms with van der Waals surface area (Å²) in [5.41, 5.74) is 1.01. The molecule has 1 aromatic carbocycles. The molecule has 0 atom stereocenters. The lowest BCUT2D eigenvalue weighted by Gasteiger charge is -2.29. The summed E-state index contributed by atoms with van der Waals surface area (Å²) in [4.78, 5) is 2.49. The molecular weight excluding hydrogens is 307 g/mol. The number of alkyl halides is 1. The Morgan fingerprint density at radius 1 is 1.33 bits per heavy atom. The molecule has 2 N–H and O–H groups in total. The maximum absolute atomic E-state index is 6.12. The Morgan fingerprint density at radius 2 is 2.14 bits per heavy atom. The van der Waals surface area contributed by atoms with E-state index in [9.17, 15) is 0 Å². The standard InChI is InChI=1S/C15H20Cl2N4/c16-11-4-8-21(9-5-11)7-1-6-18-15-13-10-12(17)2-3-14(13)19-20-15/h2-3,10-11H,1,4-9H2,(H2,18,19,20). The number of nitrogens with one attached hydrogen (secondary N) is 2. The van der Waals surface area contributed by atoms with Gasteiger partial charge in [-0.3, -0.25) is 5.10 Å². The van der Waals surface area contributed by atoms with Crippen LogP contribution in [-0.4, -0.2) is 46.7 Å². The molecule has 1 aromatic heterocycles. The van der Waals surface area contributed by atoms with Crippen molar-refractivity contribution < 1.29 is 0 Å². The highest BCUT2D eigenvalue weighted by molar-refractivity contribution is 6.31. The van der Waals surface area contributed by atoms with Gasteiger partial charge in [0.25, 0.3) is 0 Å². The van der Waals surface area contributed by atoms with Crippen LogP contribution in [0.4, 0.5) is 5.82 Å². The first-order chi connectivity index (χ1) is 10.2. The normalized spacial score (nSPS) is 17.4. The third-order valence-electron chi connectivity index (χ3n) is 3.99. The SMILES string of the molecule is Clc1ccc2[nH]nc(NCCCN3CCC(Cl)CC3)c2c1. The Labute approximate surface area is 134 Å². The molecule has 0 saturated carbocycles. The summed E-state index contributed by atoms with van der Waals surface area (Å²) in [6.45, 7) is 4.26. The maximum Gasteiger partial charge on any atom is 0.155 e. The molecule has 0 spiro atoms. The zero-order chi connectivity index (χ0) is 14.7. The lowest BCUT2D eigenvalue weighted by Crippen LogP contribution is -2.35. The van der Waals surface area contributed by atoms with Crippen molar-refractivity contribution in [2.75, 3.05) is 31.5 Å². The molecule has 21 heavy (non-hydrogen) atoms. The van der Waals surface area contributed by atoms with E-state index in [0.29, 0.717) is 5.38 Å². The molecule has 0 bridgehead atoms. The fourth-order valence-electron chi connectivity index (χ4n) is 2.76. The smallest absolute Gasteiger partial charge is 0.155 e. The Morgan fingerprint density at radius 3 is 2.95 bits per heavy atom. The van der Waals surface area contributed by atoms with Crippen molar-refractivity contribution in [3.8, 4) is 0 Å². The zero-order valence-corrected chi connectivity index (χ0v) is 13.4. The lowest BCUT2D eigenvalue weighted by molar-refractivity contribution is 0.231. The molecule has 0 unspecified atom stereocenters. The van der Waals surface area contributed by atoms with Gasteiger partial charge in [0.1, 0.15) is 0 Å². The minimum atomic E-state index is 0.375. The highest BCUT2D eigenvalue weighted by Crippen LogP contribution is 2.23. The molecule has 2 heterocycles. The Bertz CT molecular complexity index is 590. The summed E-state index contributed by atoms with van der Waals surface area (Å²) in [7, 11) is 0. The van der Waals surface area contributed by atoms with Gasteiger partial charge in [-0.05, 0) is 57.1 Å². The highest BCUT2D eigenvalue weighted by Gasteiger charge is 2.16. The van der Waals surface area contributed by atoms with Gasteiger partial charge < -0.3 is 10.2 Å². The number of piperidine rings is 1. The number of anilines is 1. The van der Waals surface area contributed by atoms with E-state index in [1.165, 1.54) is 0 Å². The van der Waals surface area contributed by atoms with E-state index in [0.717, 1.165) is 67.2 Å². The molecule has 0 radical (unpaired) electrons. The third-order valence-corrected chi connectivity index (χ3v) is 4.66. The van der Waals surface area contributed by atoms with Crippen LogP contribution >= 0.6 is 23.2 Å². The van der Waals surface area contributed by atoms with Crippen molar-refractivity contribution in [3.63, 3.8) is 0 Å². The Kier molecular flexibility index (Phi) is 4.88. The first-order valence-corrected chi connectivity index (χ1v) is 8.28. The molecule has 6 heteroatoms. The van der Waals surface area contributed by atoms with Crippen LogP contribution in [0.2, 0.25) is 5.02 Å². The molecule has 2 aromatic rings. The van der Waals surface area contributed by atoms with E-state index in [2.05, 4.69) is 20.4 Å². The number of nitrogens with zero attached hydrogens (tertiary/aromatic N) is 2. The van der Waals surface area contributed by atoms with E-state index in [1.54, 1.807) is 0 Å². The molecule has 0 aliphatic carbocycles. The van der Waals surface area contributed by atoms with Gasteiger partial charge in [-0.1, -0.05) is 11.6 Å². The average molecular weight is 327 g/mol. The Balaban J connectivity index is 1.47. The predicted molar refractivity (Wildman–Crippen MR) is 89.5 cm³/mol. The average Bonchev–Trinajstić information content (AvgIpc) is 2.88. The number of hydrogen-bond acceptors (Lipinski definition) is 3. The zero-order valence-electron chi connectivity index (χ0n) is 11.9. The van der Waals surface area contributed by atoms with Crippen molar-refractivity contribution in [1.82, 2.24) is 15.1 Å². The van der Waals surface area contributed by atoms with Crippen molar-refractivity contribution in [2.45, 2.75) is 24.6 Å². The minimum absolute atomic E-state index is 0.375. The number of aromatic nitrogens is 2. The summed E-state index contributed by atoms with van der Waals surface area (Å²) < 4.78 is 0. The van der Waals surface area contributed by atoms with Crippen molar-refractivity contribution in [1.29, 1.82) is 0 Å². The van der Waals surface area contributed by atoms with Crippen LogP contribution in [0.25, 0.3) is 10.9 Å². The van der Waals surface area contributed by atoms with E-state index in [4.69, 9.17) is 23.2 Å². The van der Waals surface area contributed by atoms with Gasteiger partial charge in [0.05, 0.1) is 5.52 Å². The van der Waals surface area contributed by atoms with Crippen molar-refractivity contribution in [3.05, 3.63) is 23.2 Å². The first kappa shape index (κ1) is 14.9. The first-order valence-electron chi connectivity index (χ1n) is 7.46. The van der Waals surface area contributed by atoms with Crippen molar-refractivity contribution in [2.24, 2.45) is 0 Å². The third kappa shape index (κ3) is 3.82. The molecule has 114 valence electrons. The fraction of sp³-hybridized carbons (Fsp3) is 0.533. The minimum Gasteiger partial charge on any atom is -0.368 e. The topological polar surface area (TPSA) is 44.0 Å². The van der Waals surface area contributed by atoms with Crippen molar-refractivity contribution >= 4 is 39.9 Å². The van der Waals surface area contributed by atoms with Gasteiger partial charge in [0.15, 0.2) is 5.82 Å². The molecule has 1 aliphatic rings. The fourth-order valence-corrected chi connectivity index (χ4v) is 3.12. The number of H-pyrrole nitrogens is 1. The highest BCUT2D eigenvalue weighted by atomic mass is 35.5. The number of benzene rings is 1. The second kappa shape index (κ2) is 6.86. The molecule has 0 amide bonds. The predicted octanol–water partition coefficient (Wildman–Crippen LogP) is 3.72. The number of hydrogen-bond donors (Lipinski definition) is 2. The van der Waals surface area contributed by atoms with Gasteiger partial charge in [-0.2, -0.15) is 5.10 Å². The largest absolute Gasteiger partial charge is 0.368 e. The number of rotatable bonds is 5. The molecule has 1 fully saturated rings. The summed E-state index contributed by atoms with van der Waals surface area (Å²) in [5.74, 6) is 0.881. The van der Waals surface area contributed by atoms with E-state index in [-0.39, 0.29) is 0 Å². The monoisotopic (exact) mass is 326 g/mol. The van der Waals surface area contributed by atoms with E-state index < -0.39 is 0 Å². The van der Waals surface area contributed by atoms with Crippen LogP contribution in [0.3, 0.4) is 0 Å². The molecule has 3 rings (SSSR count). The number of halogens is 2. The molecule has 1 aliphatic heterocycles. The summed E-state index contributed by atoms with van der Waals surface area (Å²) in [6, 6.07) is 5.76. The van der Waals surface area contributed by atoms with Gasteiger partial charge in [-0.25, -0.2) is 0 Å². The van der Waals surface area contributed by atoms with Crippen LogP contribution < -0.4 is 5.32 Å². The number of aromatic amines is 1. The van der Waals surface area contributed by atoms with Crippen LogP contribution in [0.15, 0.2) is 18.2 Å². The van der Waals surface area contributed by atoms with Gasteiger partial charge in [0, 0.05) is 22.3 Å². The van der Waals surface area contributed by atoms with Crippen LogP contribution in [-0.2, 0) is 0 Å². The van der Waals surface area contributed by atoms with E-state index in [1.807, 2.05) is 18.2 Å². The van der Waals surface area contributed by atoms with Crippen LogP contribution in [0, 0.1) is 0 Å². The van der Waals surface area contributed by atoms with Gasteiger partial charge >= 0.3 is 0 Å². The summed E-state index contributed by atoms with van der Waals surface area (Å²) in [6.07, 6.45) is 3.32. The second-order valence-electron chi connectivity index (χ2n) is 5.56. The Hall–Kier alpha value is -0.970. The second-order valence-corrected chi connectivity index (χ2v) is 6.61. The molecular formula is C15H20Cl2N4. The maximum atomic E-state index is 6.12. The lowest BCUT2D eigenvalue weighted by atomic mass is 10.1.